The van der Waals surface area contributed by atoms with Crippen LogP contribution in [0.25, 0.3) is 0 Å². The summed E-state index contributed by atoms with van der Waals surface area (Å²) >= 11 is 0. The lowest BCUT2D eigenvalue weighted by molar-refractivity contribution is 0.0880. The van der Waals surface area contributed by atoms with Gasteiger partial charge in [0.2, 0.25) is 0 Å². The van der Waals surface area contributed by atoms with Crippen LogP contribution in [0, 0.1) is 6.92 Å². The van der Waals surface area contributed by atoms with E-state index in [0.29, 0.717) is 18.2 Å². The first-order valence-corrected chi connectivity index (χ1v) is 6.94. The number of amides is 1. The van der Waals surface area contributed by atoms with Crippen LogP contribution >= 0.6 is 0 Å². The first kappa shape index (κ1) is 14.8. The van der Waals surface area contributed by atoms with Gasteiger partial charge in [-0.1, -0.05) is 0 Å². The first-order valence-electron chi connectivity index (χ1n) is 6.94. The smallest absolute Gasteiger partial charge is 0.251 e. The van der Waals surface area contributed by atoms with Gasteiger partial charge < -0.3 is 15.3 Å². The van der Waals surface area contributed by atoms with Crippen molar-refractivity contribution in [3.63, 3.8) is 0 Å². The van der Waals surface area contributed by atoms with E-state index in [1.807, 2.05) is 6.92 Å². The summed E-state index contributed by atoms with van der Waals surface area (Å²) in [5.41, 5.74) is 1.41. The minimum atomic E-state index is -0.0795. The number of rotatable bonds is 3. The molecule has 1 aliphatic rings. The fourth-order valence-electron chi connectivity index (χ4n) is 2.53. The van der Waals surface area contributed by atoms with Gasteiger partial charge in [-0.2, -0.15) is 0 Å². The second-order valence-electron chi connectivity index (χ2n) is 5.61. The monoisotopic (exact) mass is 277 g/mol. The Morgan fingerprint density at radius 3 is 2.85 bits per heavy atom. The van der Waals surface area contributed by atoms with Gasteiger partial charge in [-0.15, -0.1) is 0 Å². The third-order valence-electron chi connectivity index (χ3n) is 3.93. The average molecular weight is 277 g/mol. The average Bonchev–Trinajstić information content (AvgIpc) is 2.39. The molecule has 1 atom stereocenters. The van der Waals surface area contributed by atoms with Gasteiger partial charge in [0.1, 0.15) is 5.75 Å². The highest BCUT2D eigenvalue weighted by Crippen LogP contribution is 2.15. The van der Waals surface area contributed by atoms with Crippen molar-refractivity contribution in [3.05, 3.63) is 29.3 Å². The van der Waals surface area contributed by atoms with Crippen molar-refractivity contribution in [2.75, 3.05) is 40.3 Å². The molecule has 5 heteroatoms. The van der Waals surface area contributed by atoms with E-state index in [-0.39, 0.29) is 11.7 Å². The Balaban J connectivity index is 1.94. The maximum atomic E-state index is 12.2. The summed E-state index contributed by atoms with van der Waals surface area (Å²) in [5, 5.41) is 12.4. The van der Waals surface area contributed by atoms with Gasteiger partial charge in [-0.05, 0) is 44.8 Å². The molecule has 2 rings (SSSR count). The van der Waals surface area contributed by atoms with E-state index in [9.17, 15) is 9.90 Å². The highest BCUT2D eigenvalue weighted by atomic mass is 16.3. The van der Waals surface area contributed by atoms with Gasteiger partial charge in [0.05, 0.1) is 0 Å². The summed E-state index contributed by atoms with van der Waals surface area (Å²) in [4.78, 5) is 16.7. The molecule has 1 heterocycles. The number of nitrogens with zero attached hydrogens (tertiary/aromatic N) is 2. The molecule has 1 aromatic carbocycles. The number of aromatic hydroxyl groups is 1. The molecule has 0 saturated carbocycles. The molecule has 0 spiro atoms. The largest absolute Gasteiger partial charge is 0.508 e. The summed E-state index contributed by atoms with van der Waals surface area (Å²) in [5.74, 6) is 0.108. The van der Waals surface area contributed by atoms with Crippen LogP contribution in [0.4, 0.5) is 0 Å². The topological polar surface area (TPSA) is 55.8 Å². The molecule has 1 saturated heterocycles. The Labute approximate surface area is 120 Å². The van der Waals surface area contributed by atoms with Crippen molar-refractivity contribution < 1.29 is 9.90 Å². The predicted octanol–water partition coefficient (Wildman–Crippen LogP) is 0.676. The van der Waals surface area contributed by atoms with Crippen LogP contribution in [0.1, 0.15) is 15.9 Å². The lowest BCUT2D eigenvalue weighted by Crippen LogP contribution is -2.54. The third-order valence-corrected chi connectivity index (χ3v) is 3.93. The molecule has 0 radical (unpaired) electrons. The Kier molecular flexibility index (Phi) is 4.62. The van der Waals surface area contributed by atoms with Gasteiger partial charge >= 0.3 is 0 Å². The number of phenolic OH excluding ortho intramolecular Hbond substituents is 1. The molecular weight excluding hydrogens is 254 g/mol. The summed E-state index contributed by atoms with van der Waals surface area (Å²) < 4.78 is 0. The van der Waals surface area contributed by atoms with Gasteiger partial charge in [0.15, 0.2) is 0 Å². The van der Waals surface area contributed by atoms with Crippen molar-refractivity contribution in [1.82, 2.24) is 15.1 Å². The zero-order valence-electron chi connectivity index (χ0n) is 12.4. The molecule has 5 nitrogen and oxygen atoms in total. The molecule has 0 aromatic heterocycles. The van der Waals surface area contributed by atoms with Crippen LogP contribution in [0.3, 0.4) is 0 Å². The van der Waals surface area contributed by atoms with E-state index in [4.69, 9.17) is 0 Å². The standard InChI is InChI=1S/C15H23N3O2/c1-11-8-13(19)4-5-14(11)15(20)16-9-12-10-17(2)6-7-18(12)3/h4-5,8,12,19H,6-7,9-10H2,1-3H3,(H,16,20). The number of phenols is 1. The number of nitrogens with one attached hydrogen (secondary N) is 1. The van der Waals surface area contributed by atoms with Crippen LogP contribution in [-0.4, -0.2) is 67.1 Å². The van der Waals surface area contributed by atoms with Crippen molar-refractivity contribution in [2.45, 2.75) is 13.0 Å². The molecule has 1 aromatic rings. The Morgan fingerprint density at radius 2 is 2.15 bits per heavy atom. The predicted molar refractivity (Wildman–Crippen MR) is 79.1 cm³/mol. The highest BCUT2D eigenvalue weighted by molar-refractivity contribution is 5.95. The van der Waals surface area contributed by atoms with E-state index in [1.54, 1.807) is 18.2 Å². The summed E-state index contributed by atoms with van der Waals surface area (Å²) in [6.45, 7) is 5.52. The van der Waals surface area contributed by atoms with E-state index in [0.717, 1.165) is 25.2 Å². The van der Waals surface area contributed by atoms with Crippen LogP contribution in [0.15, 0.2) is 18.2 Å². The van der Waals surface area contributed by atoms with Crippen LogP contribution in [-0.2, 0) is 0 Å². The second-order valence-corrected chi connectivity index (χ2v) is 5.61. The summed E-state index contributed by atoms with van der Waals surface area (Å²) in [6, 6.07) is 5.16. The lowest BCUT2D eigenvalue weighted by Gasteiger charge is -2.37. The Bertz CT molecular complexity index is 490. The van der Waals surface area contributed by atoms with E-state index < -0.39 is 0 Å². The van der Waals surface area contributed by atoms with Crippen molar-refractivity contribution in [2.24, 2.45) is 0 Å². The maximum absolute atomic E-state index is 12.2. The zero-order chi connectivity index (χ0) is 14.7. The van der Waals surface area contributed by atoms with Crippen LogP contribution in [0.5, 0.6) is 5.75 Å². The molecule has 1 unspecified atom stereocenters. The highest BCUT2D eigenvalue weighted by Gasteiger charge is 2.22. The SMILES string of the molecule is Cc1cc(O)ccc1C(=O)NCC1CN(C)CCN1C. The fraction of sp³-hybridized carbons (Fsp3) is 0.533. The zero-order valence-corrected chi connectivity index (χ0v) is 12.4. The summed E-state index contributed by atoms with van der Waals surface area (Å²) in [7, 11) is 4.20. The van der Waals surface area contributed by atoms with E-state index in [2.05, 4.69) is 29.2 Å². The molecule has 0 aliphatic carbocycles. The first-order chi connectivity index (χ1) is 9.47. The maximum Gasteiger partial charge on any atom is 0.251 e. The van der Waals surface area contributed by atoms with E-state index in [1.165, 1.54) is 0 Å². The molecule has 2 N–H and O–H groups in total. The van der Waals surface area contributed by atoms with Crippen LogP contribution < -0.4 is 5.32 Å². The molecule has 1 aliphatic heterocycles. The number of likely N-dealkylation sites (N-methyl/N-ethyl adjacent to an activating group) is 2. The number of piperazine rings is 1. The number of hydrogen-bond donors (Lipinski definition) is 2. The number of benzene rings is 1. The normalized spacial score (nSPS) is 20.9. The quantitative estimate of drug-likeness (QED) is 0.853. The Morgan fingerprint density at radius 1 is 1.40 bits per heavy atom. The van der Waals surface area contributed by atoms with Gasteiger partial charge in [0.25, 0.3) is 5.91 Å². The second kappa shape index (κ2) is 6.24. The van der Waals surface area contributed by atoms with E-state index >= 15 is 0 Å². The Hall–Kier alpha value is -1.59. The molecule has 0 bridgehead atoms. The molecule has 110 valence electrons. The van der Waals surface area contributed by atoms with Crippen LogP contribution in [0.2, 0.25) is 0 Å². The molecule has 1 fully saturated rings. The molecular formula is C15H23N3O2. The number of aryl methyl sites for hydroxylation is 1. The van der Waals surface area contributed by atoms with Crippen molar-refractivity contribution in [1.29, 1.82) is 0 Å². The van der Waals surface area contributed by atoms with Gasteiger partial charge in [-0.3, -0.25) is 9.69 Å². The third kappa shape index (κ3) is 3.49. The fourth-order valence-corrected chi connectivity index (χ4v) is 2.53. The minimum Gasteiger partial charge on any atom is -0.508 e. The molecule has 1 amide bonds. The number of carbonyl (C=O) groups is 1. The van der Waals surface area contributed by atoms with Crippen molar-refractivity contribution >= 4 is 5.91 Å². The van der Waals surface area contributed by atoms with Gasteiger partial charge in [0, 0.05) is 37.8 Å². The minimum absolute atomic E-state index is 0.0795. The number of carbonyl (C=O) groups excluding carboxylic acids is 1. The van der Waals surface area contributed by atoms with Gasteiger partial charge in [-0.25, -0.2) is 0 Å². The lowest BCUT2D eigenvalue weighted by atomic mass is 10.1. The summed E-state index contributed by atoms with van der Waals surface area (Å²) in [6.07, 6.45) is 0. The van der Waals surface area contributed by atoms with Crippen molar-refractivity contribution in [3.8, 4) is 5.75 Å². The number of hydrogen-bond acceptors (Lipinski definition) is 4. The molecule has 20 heavy (non-hydrogen) atoms.